The van der Waals surface area contributed by atoms with Crippen molar-refractivity contribution in [2.45, 2.75) is 57.4 Å². The molecule has 4 N–H and O–H groups in total. The van der Waals surface area contributed by atoms with Gasteiger partial charge in [0.05, 0.1) is 25.2 Å². The minimum absolute atomic E-state index is 0.0214. The molecule has 8 heteroatoms. The van der Waals surface area contributed by atoms with Crippen molar-refractivity contribution in [3.63, 3.8) is 0 Å². The molecule has 0 radical (unpaired) electrons. The molecule has 1 saturated heterocycles. The van der Waals surface area contributed by atoms with Gasteiger partial charge in [0.2, 0.25) is 5.91 Å². The fourth-order valence-corrected chi connectivity index (χ4v) is 3.21. The average Bonchev–Trinajstić information content (AvgIpc) is 3.08. The minimum Gasteiger partial charge on any atom is -0.394 e. The van der Waals surface area contributed by atoms with Crippen LogP contribution in [-0.2, 0) is 9.53 Å². The predicted octanol–water partition coefficient (Wildman–Crippen LogP) is -0.0194. The smallest absolute Gasteiger partial charge is 0.315 e. The fraction of sp³-hybridized carbons (Fsp3) is 0.778. The summed E-state index contributed by atoms with van der Waals surface area (Å²) in [4.78, 5) is 26.2. The Balaban J connectivity index is 1.73. The molecule has 8 nitrogen and oxygen atoms in total. The summed E-state index contributed by atoms with van der Waals surface area (Å²) in [5, 5.41) is 17.9. The molecule has 0 aliphatic carbocycles. The summed E-state index contributed by atoms with van der Waals surface area (Å²) in [5.74, 6) is -0.0699. The number of carbonyl (C=O) groups excluding carboxylic acids is 2. The van der Waals surface area contributed by atoms with Gasteiger partial charge in [0.1, 0.15) is 6.10 Å². The molecule has 26 heavy (non-hydrogen) atoms. The van der Waals surface area contributed by atoms with Gasteiger partial charge in [0, 0.05) is 19.1 Å². The number of amides is 3. The Morgan fingerprint density at radius 2 is 2.00 bits per heavy atom. The fourth-order valence-electron chi connectivity index (χ4n) is 3.21. The van der Waals surface area contributed by atoms with Gasteiger partial charge in [0.15, 0.2) is 0 Å². The largest absolute Gasteiger partial charge is 0.394 e. The van der Waals surface area contributed by atoms with Crippen LogP contribution in [0, 0.1) is 0 Å². The van der Waals surface area contributed by atoms with Gasteiger partial charge >= 0.3 is 6.03 Å². The number of nitrogens with one attached hydrogen (secondary N) is 3. The van der Waals surface area contributed by atoms with Gasteiger partial charge < -0.3 is 30.7 Å². The molecule has 2 aliphatic rings. The molecule has 3 atom stereocenters. The summed E-state index contributed by atoms with van der Waals surface area (Å²) in [5.41, 5.74) is 0. The van der Waals surface area contributed by atoms with Crippen molar-refractivity contribution in [3.05, 3.63) is 12.2 Å². The first-order valence-electron chi connectivity index (χ1n) is 9.48. The number of aliphatic hydroxyl groups is 1. The highest BCUT2D eigenvalue weighted by Gasteiger charge is 2.29. The van der Waals surface area contributed by atoms with Crippen LogP contribution in [0.25, 0.3) is 0 Å². The second kappa shape index (κ2) is 10.5. The number of urea groups is 1. The summed E-state index contributed by atoms with van der Waals surface area (Å²) in [6.07, 6.45) is 5.27. The van der Waals surface area contributed by atoms with Crippen LogP contribution in [0.3, 0.4) is 0 Å². The first-order chi connectivity index (χ1) is 12.5. The number of hydrogen-bond donors (Lipinski definition) is 4. The molecule has 2 rings (SSSR count). The SMILES string of the molecule is CC(C)NC(=O)N[C@H]1C=C[C@H](CC(=O)NCCN2CCCC2)O[C@@H]1CO. The van der Waals surface area contributed by atoms with E-state index in [0.717, 1.165) is 19.6 Å². The van der Waals surface area contributed by atoms with Crippen LogP contribution in [0.5, 0.6) is 0 Å². The first-order valence-corrected chi connectivity index (χ1v) is 9.48. The zero-order chi connectivity index (χ0) is 18.9. The maximum atomic E-state index is 12.1. The number of carbonyl (C=O) groups is 2. The lowest BCUT2D eigenvalue weighted by molar-refractivity contribution is -0.125. The van der Waals surface area contributed by atoms with E-state index in [0.29, 0.717) is 6.54 Å². The van der Waals surface area contributed by atoms with Crippen LogP contribution in [0.1, 0.15) is 33.1 Å². The number of hydrogen-bond acceptors (Lipinski definition) is 5. The van der Waals surface area contributed by atoms with Crippen molar-refractivity contribution >= 4 is 11.9 Å². The van der Waals surface area contributed by atoms with Gasteiger partial charge in [-0.3, -0.25) is 4.79 Å². The number of rotatable bonds is 8. The van der Waals surface area contributed by atoms with Gasteiger partial charge in [0.25, 0.3) is 0 Å². The third kappa shape index (κ3) is 6.93. The lowest BCUT2D eigenvalue weighted by atomic mass is 10.0. The van der Waals surface area contributed by atoms with E-state index in [9.17, 15) is 14.7 Å². The first kappa shape index (κ1) is 20.7. The quantitative estimate of drug-likeness (QED) is 0.451. The van der Waals surface area contributed by atoms with Gasteiger partial charge in [-0.1, -0.05) is 12.2 Å². The van der Waals surface area contributed by atoms with Crippen LogP contribution in [0.4, 0.5) is 4.79 Å². The number of likely N-dealkylation sites (tertiary alicyclic amines) is 1. The van der Waals surface area contributed by atoms with Gasteiger partial charge in [-0.2, -0.15) is 0 Å². The molecular formula is C18H32N4O4. The van der Waals surface area contributed by atoms with E-state index in [1.54, 1.807) is 12.2 Å². The molecule has 0 bridgehead atoms. The van der Waals surface area contributed by atoms with Gasteiger partial charge in [-0.25, -0.2) is 4.79 Å². The summed E-state index contributed by atoms with van der Waals surface area (Å²) in [6, 6.07) is -0.712. The normalized spacial score (nSPS) is 26.1. The Hall–Kier alpha value is -1.64. The van der Waals surface area contributed by atoms with E-state index < -0.39 is 18.2 Å². The average molecular weight is 368 g/mol. The molecule has 0 aromatic carbocycles. The van der Waals surface area contributed by atoms with Crippen molar-refractivity contribution < 1.29 is 19.4 Å². The van der Waals surface area contributed by atoms with Crippen molar-refractivity contribution in [2.75, 3.05) is 32.8 Å². The Morgan fingerprint density at radius 1 is 1.27 bits per heavy atom. The van der Waals surface area contributed by atoms with E-state index in [1.807, 2.05) is 13.8 Å². The lowest BCUT2D eigenvalue weighted by Crippen LogP contribution is -2.52. The molecule has 3 amide bonds. The van der Waals surface area contributed by atoms with Crippen LogP contribution in [0.15, 0.2) is 12.2 Å². The van der Waals surface area contributed by atoms with Gasteiger partial charge in [-0.15, -0.1) is 0 Å². The van der Waals surface area contributed by atoms with Crippen molar-refractivity contribution in [2.24, 2.45) is 0 Å². The lowest BCUT2D eigenvalue weighted by Gasteiger charge is -2.31. The van der Waals surface area contributed by atoms with Crippen LogP contribution in [-0.4, -0.2) is 79.0 Å². The molecule has 148 valence electrons. The minimum atomic E-state index is -0.569. The second-order valence-electron chi connectivity index (χ2n) is 7.18. The highest BCUT2D eigenvalue weighted by atomic mass is 16.5. The molecule has 0 aromatic heterocycles. The third-order valence-corrected chi connectivity index (χ3v) is 4.52. The standard InChI is InChI=1S/C18H32N4O4/c1-13(2)20-18(25)21-15-6-5-14(26-16(15)12-23)11-17(24)19-7-10-22-8-3-4-9-22/h5-6,13-16,23H,3-4,7-12H2,1-2H3,(H,19,24)(H2,20,21,25)/t14-,15+,16-/m1/s1. The Labute approximate surface area is 155 Å². The maximum Gasteiger partial charge on any atom is 0.315 e. The number of aliphatic hydroxyl groups excluding tert-OH is 1. The molecule has 0 unspecified atom stereocenters. The summed E-state index contributed by atoms with van der Waals surface area (Å²) < 4.78 is 5.75. The summed E-state index contributed by atoms with van der Waals surface area (Å²) in [6.45, 7) is 7.25. The monoisotopic (exact) mass is 368 g/mol. The highest BCUT2D eigenvalue weighted by molar-refractivity contribution is 5.77. The molecule has 0 saturated carbocycles. The Bertz CT molecular complexity index is 492. The Morgan fingerprint density at radius 3 is 2.65 bits per heavy atom. The molecule has 0 spiro atoms. The van der Waals surface area contributed by atoms with E-state index in [2.05, 4.69) is 20.9 Å². The maximum absolute atomic E-state index is 12.1. The number of ether oxygens (including phenoxy) is 1. The van der Waals surface area contributed by atoms with Crippen molar-refractivity contribution in [1.82, 2.24) is 20.9 Å². The molecule has 1 fully saturated rings. The van der Waals surface area contributed by atoms with E-state index in [4.69, 9.17) is 4.74 Å². The van der Waals surface area contributed by atoms with E-state index in [-0.39, 0.29) is 31.0 Å². The zero-order valence-corrected chi connectivity index (χ0v) is 15.7. The number of nitrogens with zero attached hydrogens (tertiary/aromatic N) is 1. The third-order valence-electron chi connectivity index (χ3n) is 4.52. The molecule has 2 aliphatic heterocycles. The van der Waals surface area contributed by atoms with Crippen LogP contribution in [0.2, 0.25) is 0 Å². The topological polar surface area (TPSA) is 103 Å². The highest BCUT2D eigenvalue weighted by Crippen LogP contribution is 2.15. The molecule has 2 heterocycles. The van der Waals surface area contributed by atoms with Crippen LogP contribution < -0.4 is 16.0 Å². The van der Waals surface area contributed by atoms with E-state index in [1.165, 1.54) is 12.8 Å². The van der Waals surface area contributed by atoms with Crippen molar-refractivity contribution in [3.8, 4) is 0 Å². The van der Waals surface area contributed by atoms with Crippen molar-refractivity contribution in [1.29, 1.82) is 0 Å². The summed E-state index contributed by atoms with van der Waals surface area (Å²) in [7, 11) is 0. The Kier molecular flexibility index (Phi) is 8.34. The van der Waals surface area contributed by atoms with E-state index >= 15 is 0 Å². The second-order valence-corrected chi connectivity index (χ2v) is 7.18. The summed E-state index contributed by atoms with van der Waals surface area (Å²) >= 11 is 0. The van der Waals surface area contributed by atoms with Gasteiger partial charge in [-0.05, 0) is 39.8 Å². The molecular weight excluding hydrogens is 336 g/mol. The predicted molar refractivity (Wildman–Crippen MR) is 98.8 cm³/mol. The van der Waals surface area contributed by atoms with Crippen LogP contribution >= 0.6 is 0 Å². The zero-order valence-electron chi connectivity index (χ0n) is 15.7. The molecule has 0 aromatic rings.